The fourth-order valence-electron chi connectivity index (χ4n) is 6.01. The van der Waals surface area contributed by atoms with Gasteiger partial charge in [-0.05, 0) is 42.6 Å². The van der Waals surface area contributed by atoms with E-state index in [4.69, 9.17) is 9.15 Å². The van der Waals surface area contributed by atoms with E-state index in [1.807, 2.05) is 0 Å². The molecule has 0 N–H and O–H groups in total. The molecular weight excluding hydrogens is 304 g/mol. The summed E-state index contributed by atoms with van der Waals surface area (Å²) >= 11 is 0. The van der Waals surface area contributed by atoms with Crippen molar-refractivity contribution >= 4 is 11.8 Å². The van der Waals surface area contributed by atoms with Crippen LogP contribution in [0.25, 0.3) is 0 Å². The standard InChI is InChI=1S/C20H26O4/c1-12-9-17-20(3)14(18(22)24-17)5-4-6-16(20)19(12,2)10-15(21)13-7-8-23-11-13/h7-8,11-12,14,16-17H,4-6,9-10H2,1-3H3/t12-,14+,16-,17+,19+,20+/m1/s1. The van der Waals surface area contributed by atoms with E-state index in [9.17, 15) is 9.59 Å². The van der Waals surface area contributed by atoms with Crippen molar-refractivity contribution in [3.63, 3.8) is 0 Å². The van der Waals surface area contributed by atoms with Gasteiger partial charge in [-0.25, -0.2) is 0 Å². The summed E-state index contributed by atoms with van der Waals surface area (Å²) in [6.07, 6.45) is 7.56. The van der Waals surface area contributed by atoms with Gasteiger partial charge < -0.3 is 9.15 Å². The number of carbonyl (C=O) groups excluding carboxylic acids is 2. The van der Waals surface area contributed by atoms with Crippen molar-refractivity contribution in [2.24, 2.45) is 28.6 Å². The van der Waals surface area contributed by atoms with Gasteiger partial charge in [-0.3, -0.25) is 9.59 Å². The van der Waals surface area contributed by atoms with Crippen LogP contribution in [-0.4, -0.2) is 17.9 Å². The van der Waals surface area contributed by atoms with Crippen molar-refractivity contribution < 1.29 is 18.7 Å². The van der Waals surface area contributed by atoms with Gasteiger partial charge in [-0.1, -0.05) is 27.2 Å². The van der Waals surface area contributed by atoms with Crippen molar-refractivity contribution in [2.45, 2.75) is 59.0 Å². The molecule has 0 radical (unpaired) electrons. The summed E-state index contributed by atoms with van der Waals surface area (Å²) < 4.78 is 10.9. The molecule has 2 saturated carbocycles. The largest absolute Gasteiger partial charge is 0.472 e. The Morgan fingerprint density at radius 1 is 1.33 bits per heavy atom. The minimum absolute atomic E-state index is 0.00943. The van der Waals surface area contributed by atoms with Crippen LogP contribution in [0.3, 0.4) is 0 Å². The molecule has 1 aromatic heterocycles. The van der Waals surface area contributed by atoms with Crippen LogP contribution in [0.15, 0.2) is 23.0 Å². The molecule has 0 unspecified atom stereocenters. The number of Topliss-reactive ketones (excluding diaryl/α,β-unsaturated/α-hetero) is 1. The number of carbonyl (C=O) groups is 2. The van der Waals surface area contributed by atoms with Gasteiger partial charge in [0.25, 0.3) is 0 Å². The quantitative estimate of drug-likeness (QED) is 0.614. The molecule has 1 saturated heterocycles. The molecular formula is C20H26O4. The molecule has 3 fully saturated rings. The number of esters is 1. The third-order valence-corrected chi connectivity index (χ3v) is 7.60. The van der Waals surface area contributed by atoms with Crippen molar-refractivity contribution in [1.82, 2.24) is 0 Å². The Morgan fingerprint density at radius 3 is 2.83 bits per heavy atom. The maximum absolute atomic E-state index is 12.8. The SMILES string of the molecule is C[C@@H]1C[C@@H]2OC(=O)[C@@H]3CCC[C@H]([C@@]1(C)CC(=O)c1ccoc1)[C@@]23C. The van der Waals surface area contributed by atoms with Gasteiger partial charge in [0.2, 0.25) is 0 Å². The van der Waals surface area contributed by atoms with Crippen molar-refractivity contribution in [1.29, 1.82) is 0 Å². The smallest absolute Gasteiger partial charge is 0.309 e. The monoisotopic (exact) mass is 330 g/mol. The minimum atomic E-state index is -0.118. The summed E-state index contributed by atoms with van der Waals surface area (Å²) in [7, 11) is 0. The van der Waals surface area contributed by atoms with Crippen molar-refractivity contribution in [3.05, 3.63) is 24.2 Å². The predicted molar refractivity (Wildman–Crippen MR) is 88.4 cm³/mol. The van der Waals surface area contributed by atoms with Gasteiger partial charge in [0.15, 0.2) is 5.78 Å². The first-order valence-electron chi connectivity index (χ1n) is 9.13. The molecule has 2 aliphatic carbocycles. The second-order valence-corrected chi connectivity index (χ2v) is 8.58. The van der Waals surface area contributed by atoms with Crippen LogP contribution < -0.4 is 0 Å². The Morgan fingerprint density at radius 2 is 2.12 bits per heavy atom. The van der Waals surface area contributed by atoms with Crippen LogP contribution in [0.2, 0.25) is 0 Å². The molecule has 4 heteroatoms. The molecule has 24 heavy (non-hydrogen) atoms. The molecule has 0 bridgehead atoms. The first-order valence-corrected chi connectivity index (χ1v) is 9.13. The van der Waals surface area contributed by atoms with E-state index in [1.54, 1.807) is 12.3 Å². The summed E-state index contributed by atoms with van der Waals surface area (Å²) in [6, 6.07) is 1.75. The Balaban J connectivity index is 1.70. The highest BCUT2D eigenvalue weighted by atomic mass is 16.6. The summed E-state index contributed by atoms with van der Waals surface area (Å²) in [5, 5.41) is 0. The second-order valence-electron chi connectivity index (χ2n) is 8.58. The van der Waals surface area contributed by atoms with E-state index < -0.39 is 0 Å². The molecule has 2 heterocycles. The third kappa shape index (κ3) is 1.98. The molecule has 6 atom stereocenters. The molecule has 3 aliphatic rings. The van der Waals surface area contributed by atoms with E-state index in [2.05, 4.69) is 20.8 Å². The Labute approximate surface area is 142 Å². The Hall–Kier alpha value is -1.58. The number of ketones is 1. The lowest BCUT2D eigenvalue weighted by molar-refractivity contribution is -0.148. The van der Waals surface area contributed by atoms with Gasteiger partial charge in [-0.2, -0.15) is 0 Å². The van der Waals surface area contributed by atoms with Crippen LogP contribution >= 0.6 is 0 Å². The van der Waals surface area contributed by atoms with E-state index >= 15 is 0 Å². The van der Waals surface area contributed by atoms with Gasteiger partial charge in [0.05, 0.1) is 17.7 Å². The highest BCUT2D eigenvalue weighted by Gasteiger charge is 2.66. The van der Waals surface area contributed by atoms with Gasteiger partial charge in [0.1, 0.15) is 12.4 Å². The fourth-order valence-corrected chi connectivity index (χ4v) is 6.01. The lowest BCUT2D eigenvalue weighted by atomic mass is 9.44. The molecule has 1 aromatic rings. The van der Waals surface area contributed by atoms with Gasteiger partial charge in [-0.15, -0.1) is 0 Å². The van der Waals surface area contributed by atoms with E-state index in [1.165, 1.54) is 6.26 Å². The molecule has 4 rings (SSSR count). The first kappa shape index (κ1) is 15.9. The molecule has 0 spiro atoms. The van der Waals surface area contributed by atoms with Crippen LogP contribution in [-0.2, 0) is 9.53 Å². The topological polar surface area (TPSA) is 56.5 Å². The lowest BCUT2D eigenvalue weighted by Gasteiger charge is -2.58. The predicted octanol–water partition coefficient (Wildman–Crippen LogP) is 4.25. The highest BCUT2D eigenvalue weighted by molar-refractivity contribution is 5.96. The maximum Gasteiger partial charge on any atom is 0.309 e. The summed E-state index contributed by atoms with van der Waals surface area (Å²) in [4.78, 5) is 25.2. The van der Waals surface area contributed by atoms with Crippen LogP contribution in [0, 0.1) is 28.6 Å². The molecule has 1 aliphatic heterocycles. The first-order chi connectivity index (χ1) is 11.4. The second kappa shape index (κ2) is 5.21. The van der Waals surface area contributed by atoms with Crippen LogP contribution in [0.4, 0.5) is 0 Å². The van der Waals surface area contributed by atoms with E-state index in [-0.39, 0.29) is 34.6 Å². The average Bonchev–Trinajstić information content (AvgIpc) is 3.14. The number of rotatable bonds is 3. The van der Waals surface area contributed by atoms with Crippen molar-refractivity contribution in [3.8, 4) is 0 Å². The highest BCUT2D eigenvalue weighted by Crippen LogP contribution is 2.66. The summed E-state index contributed by atoms with van der Waals surface area (Å²) in [6.45, 7) is 6.72. The zero-order valence-electron chi connectivity index (χ0n) is 14.7. The van der Waals surface area contributed by atoms with Crippen LogP contribution in [0.5, 0.6) is 0 Å². The number of hydrogen-bond donors (Lipinski definition) is 0. The van der Waals surface area contributed by atoms with Gasteiger partial charge >= 0.3 is 5.97 Å². The molecule has 4 nitrogen and oxygen atoms in total. The normalized spacial score (nSPS) is 44.0. The average molecular weight is 330 g/mol. The van der Waals surface area contributed by atoms with Gasteiger partial charge in [0, 0.05) is 11.8 Å². The number of ether oxygens (including phenoxy) is 1. The zero-order chi connectivity index (χ0) is 17.1. The fraction of sp³-hybridized carbons (Fsp3) is 0.700. The van der Waals surface area contributed by atoms with Crippen LogP contribution in [0.1, 0.15) is 63.2 Å². The van der Waals surface area contributed by atoms with Crippen molar-refractivity contribution in [2.75, 3.05) is 0 Å². The molecule has 0 aromatic carbocycles. The molecule has 0 amide bonds. The summed E-state index contributed by atoms with van der Waals surface area (Å²) in [5.74, 6) is 0.843. The van der Waals surface area contributed by atoms with E-state index in [0.29, 0.717) is 23.8 Å². The lowest BCUT2D eigenvalue weighted by Crippen LogP contribution is -2.57. The Bertz CT molecular complexity index is 663. The third-order valence-electron chi connectivity index (χ3n) is 7.60. The summed E-state index contributed by atoms with van der Waals surface area (Å²) in [5.41, 5.74) is 0.432. The molecule has 130 valence electrons. The maximum atomic E-state index is 12.8. The minimum Gasteiger partial charge on any atom is -0.472 e. The Kier molecular flexibility index (Phi) is 3.45. The number of furan rings is 1. The van der Waals surface area contributed by atoms with E-state index in [0.717, 1.165) is 25.7 Å². The number of hydrogen-bond acceptors (Lipinski definition) is 4. The zero-order valence-corrected chi connectivity index (χ0v) is 14.7.